The molecule has 6 nitrogen and oxygen atoms in total. The molecule has 0 unspecified atom stereocenters. The van der Waals surface area contributed by atoms with Gasteiger partial charge in [-0.2, -0.15) is 0 Å². The monoisotopic (exact) mass is 468 g/mol. The number of ether oxygens (including phenoxy) is 3. The number of methoxy groups -OCH3 is 1. The molecule has 5 aromatic rings. The molecule has 178 valence electrons. The van der Waals surface area contributed by atoms with E-state index in [1.54, 1.807) is 14.0 Å². The van der Waals surface area contributed by atoms with Crippen LogP contribution >= 0.6 is 0 Å². The Morgan fingerprint density at radius 3 is 2.09 bits per heavy atom. The summed E-state index contributed by atoms with van der Waals surface area (Å²) in [5.74, 6) is 0.903. The van der Waals surface area contributed by atoms with E-state index in [1.165, 1.54) is 21.9 Å². The quantitative estimate of drug-likeness (QED) is 0.254. The Labute approximate surface area is 203 Å². The number of aromatic nitrogens is 2. The van der Waals surface area contributed by atoms with Gasteiger partial charge in [0.05, 0.1) is 26.7 Å². The van der Waals surface area contributed by atoms with Crippen molar-refractivity contribution in [2.45, 2.75) is 19.3 Å². The molecule has 2 heterocycles. The third kappa shape index (κ3) is 4.47. The van der Waals surface area contributed by atoms with Crippen molar-refractivity contribution >= 4 is 27.8 Å². The van der Waals surface area contributed by atoms with Crippen LogP contribution in [0, 0.1) is 0 Å². The van der Waals surface area contributed by atoms with Gasteiger partial charge < -0.3 is 24.2 Å². The van der Waals surface area contributed by atoms with Crippen molar-refractivity contribution in [3.8, 4) is 11.5 Å². The second-order valence-corrected chi connectivity index (χ2v) is 8.33. The van der Waals surface area contributed by atoms with Crippen LogP contribution in [-0.2, 0) is 9.53 Å². The summed E-state index contributed by atoms with van der Waals surface area (Å²) in [7, 11) is 1.63. The minimum atomic E-state index is -0.276. The molecule has 5 rings (SSSR count). The number of hydrogen-bond donors (Lipinski definition) is 2. The van der Waals surface area contributed by atoms with Gasteiger partial charge in [0.15, 0.2) is 11.5 Å². The maximum atomic E-state index is 11.7. The zero-order valence-corrected chi connectivity index (χ0v) is 19.8. The van der Waals surface area contributed by atoms with Gasteiger partial charge in [0.2, 0.25) is 0 Å². The molecule has 0 saturated heterocycles. The molecule has 0 saturated carbocycles. The summed E-state index contributed by atoms with van der Waals surface area (Å²) in [6, 6.07) is 22.7. The maximum Gasteiger partial charge on any atom is 0.309 e. The van der Waals surface area contributed by atoms with Crippen LogP contribution in [0.15, 0.2) is 79.1 Å². The highest BCUT2D eigenvalue weighted by Gasteiger charge is 2.24. The van der Waals surface area contributed by atoms with E-state index in [0.29, 0.717) is 18.1 Å². The van der Waals surface area contributed by atoms with Crippen molar-refractivity contribution in [1.29, 1.82) is 0 Å². The average molecular weight is 469 g/mol. The highest BCUT2D eigenvalue weighted by atomic mass is 16.5. The molecule has 3 aromatic carbocycles. The number of H-pyrrole nitrogens is 2. The average Bonchev–Trinajstić information content (AvgIpc) is 3.50. The van der Waals surface area contributed by atoms with Gasteiger partial charge in [0.1, 0.15) is 0 Å². The Hall–Kier alpha value is -4.19. The lowest BCUT2D eigenvalue weighted by atomic mass is 9.84. The van der Waals surface area contributed by atoms with E-state index < -0.39 is 0 Å². The lowest BCUT2D eigenvalue weighted by molar-refractivity contribution is -0.143. The highest BCUT2D eigenvalue weighted by molar-refractivity contribution is 5.89. The summed E-state index contributed by atoms with van der Waals surface area (Å²) in [5, 5.41) is 2.35. The highest BCUT2D eigenvalue weighted by Crippen LogP contribution is 2.41. The molecule has 35 heavy (non-hydrogen) atoms. The fourth-order valence-electron chi connectivity index (χ4n) is 4.65. The fraction of sp³-hybridized carbons (Fsp3) is 0.207. The van der Waals surface area contributed by atoms with E-state index in [1.807, 2.05) is 24.3 Å². The molecule has 0 aliphatic carbocycles. The third-order valence-electron chi connectivity index (χ3n) is 6.25. The standard InChI is InChI=1S/C29H28N2O4/c1-3-34-28(32)14-15-35-26-13-12-19(16-27(26)33-2)29(22-17-30-24-10-6-4-8-20(22)24)23-18-31-25-11-7-5-9-21(23)25/h4-13,16-18,29-31H,3,14-15H2,1-2H3. The molecule has 0 radical (unpaired) electrons. The van der Waals surface area contributed by atoms with Crippen molar-refractivity contribution in [1.82, 2.24) is 9.97 Å². The van der Waals surface area contributed by atoms with Crippen molar-refractivity contribution in [3.05, 3.63) is 95.8 Å². The SMILES string of the molecule is CCOC(=O)CCOc1ccc(C(c2c[nH]c3ccccc23)c2c[nH]c3ccccc23)cc1OC. The smallest absolute Gasteiger partial charge is 0.309 e. The largest absolute Gasteiger partial charge is 0.493 e. The summed E-state index contributed by atoms with van der Waals surface area (Å²) in [4.78, 5) is 18.5. The van der Waals surface area contributed by atoms with Crippen molar-refractivity contribution in [2.75, 3.05) is 20.3 Å². The number of carbonyl (C=O) groups excluding carboxylic acids is 1. The van der Waals surface area contributed by atoms with Gasteiger partial charge >= 0.3 is 5.97 Å². The molecule has 0 atom stereocenters. The summed E-state index contributed by atoms with van der Waals surface area (Å²) in [5.41, 5.74) is 5.64. The van der Waals surface area contributed by atoms with E-state index in [-0.39, 0.29) is 24.9 Å². The van der Waals surface area contributed by atoms with E-state index >= 15 is 0 Å². The molecular formula is C29H28N2O4. The number of para-hydroxylation sites is 2. The van der Waals surface area contributed by atoms with Gasteiger partial charge in [0, 0.05) is 40.1 Å². The van der Waals surface area contributed by atoms with Crippen LogP contribution in [0.25, 0.3) is 21.8 Å². The summed E-state index contributed by atoms with van der Waals surface area (Å²) < 4.78 is 16.5. The van der Waals surface area contributed by atoms with Crippen LogP contribution < -0.4 is 9.47 Å². The second-order valence-electron chi connectivity index (χ2n) is 8.33. The first kappa shape index (κ1) is 22.6. The van der Waals surface area contributed by atoms with Crippen molar-refractivity contribution in [2.24, 2.45) is 0 Å². The third-order valence-corrected chi connectivity index (χ3v) is 6.25. The zero-order valence-electron chi connectivity index (χ0n) is 19.8. The van der Waals surface area contributed by atoms with Crippen molar-refractivity contribution in [3.63, 3.8) is 0 Å². The van der Waals surface area contributed by atoms with E-state index in [9.17, 15) is 4.79 Å². The number of aromatic amines is 2. The minimum absolute atomic E-state index is 0.0372. The number of benzene rings is 3. The van der Waals surface area contributed by atoms with Gasteiger partial charge in [0.25, 0.3) is 0 Å². The lowest BCUT2D eigenvalue weighted by Crippen LogP contribution is -2.10. The molecule has 0 spiro atoms. The van der Waals surface area contributed by atoms with E-state index in [0.717, 1.165) is 16.6 Å². The maximum absolute atomic E-state index is 11.7. The molecule has 0 aliphatic rings. The molecular weight excluding hydrogens is 440 g/mol. The van der Waals surface area contributed by atoms with Gasteiger partial charge in [-0.25, -0.2) is 0 Å². The normalized spacial score (nSPS) is 11.3. The number of fused-ring (bicyclic) bond motifs is 2. The summed E-state index contributed by atoms with van der Waals surface area (Å²) >= 11 is 0. The Morgan fingerprint density at radius 2 is 1.49 bits per heavy atom. The first-order valence-corrected chi connectivity index (χ1v) is 11.8. The molecule has 0 amide bonds. The molecule has 0 aliphatic heterocycles. The van der Waals surface area contributed by atoms with Gasteiger partial charge in [-0.3, -0.25) is 4.79 Å². The van der Waals surface area contributed by atoms with Crippen LogP contribution in [0.4, 0.5) is 0 Å². The van der Waals surface area contributed by atoms with Crippen molar-refractivity contribution < 1.29 is 19.0 Å². The van der Waals surface area contributed by atoms with Gasteiger partial charge in [-0.05, 0) is 47.9 Å². The van der Waals surface area contributed by atoms with Crippen LogP contribution in [0.1, 0.15) is 36.0 Å². The van der Waals surface area contributed by atoms with E-state index in [2.05, 4.69) is 64.8 Å². The van der Waals surface area contributed by atoms with Gasteiger partial charge in [-0.1, -0.05) is 42.5 Å². The molecule has 2 aromatic heterocycles. The predicted molar refractivity (Wildman–Crippen MR) is 137 cm³/mol. The van der Waals surface area contributed by atoms with Crippen LogP contribution in [0.5, 0.6) is 11.5 Å². The Morgan fingerprint density at radius 1 is 0.857 bits per heavy atom. The number of esters is 1. The second kappa shape index (κ2) is 9.97. The zero-order chi connectivity index (χ0) is 24.2. The fourth-order valence-corrected chi connectivity index (χ4v) is 4.65. The number of rotatable bonds is 9. The predicted octanol–water partition coefficient (Wildman–Crippen LogP) is 6.17. The Balaban J connectivity index is 1.56. The number of hydrogen-bond acceptors (Lipinski definition) is 4. The summed E-state index contributed by atoms with van der Waals surface area (Å²) in [6.45, 7) is 2.38. The minimum Gasteiger partial charge on any atom is -0.493 e. The molecule has 6 heteroatoms. The Kier molecular flexibility index (Phi) is 6.44. The van der Waals surface area contributed by atoms with Crippen LogP contribution in [0.3, 0.4) is 0 Å². The molecule has 2 N–H and O–H groups in total. The first-order valence-electron chi connectivity index (χ1n) is 11.8. The molecule has 0 bridgehead atoms. The van der Waals surface area contributed by atoms with Crippen LogP contribution in [0.2, 0.25) is 0 Å². The van der Waals surface area contributed by atoms with E-state index in [4.69, 9.17) is 14.2 Å². The lowest BCUT2D eigenvalue weighted by Gasteiger charge is -2.19. The topological polar surface area (TPSA) is 76.3 Å². The Bertz CT molecular complexity index is 1390. The summed E-state index contributed by atoms with van der Waals surface area (Å²) in [6.07, 6.45) is 4.37. The van der Waals surface area contributed by atoms with Crippen LogP contribution in [-0.4, -0.2) is 36.3 Å². The molecule has 0 fully saturated rings. The number of carbonyl (C=O) groups is 1. The van der Waals surface area contributed by atoms with Gasteiger partial charge in [-0.15, -0.1) is 0 Å². The number of nitrogens with one attached hydrogen (secondary N) is 2. The first-order chi connectivity index (χ1) is 17.2.